The maximum absolute atomic E-state index is 12.1. The van der Waals surface area contributed by atoms with Crippen molar-refractivity contribution in [3.05, 3.63) is 41.6 Å². The van der Waals surface area contributed by atoms with Crippen molar-refractivity contribution in [2.45, 2.75) is 20.3 Å². The number of ether oxygens (including phenoxy) is 1. The predicted molar refractivity (Wildman–Crippen MR) is 83.4 cm³/mol. The number of nitrogens with zero attached hydrogens (tertiary/aromatic N) is 5. The number of rotatable bonds is 4. The lowest BCUT2D eigenvalue weighted by atomic mass is 10.3. The molecule has 0 fully saturated rings. The first kappa shape index (κ1) is 14.9. The normalized spacial score (nSPS) is 10.7. The van der Waals surface area contributed by atoms with Crippen molar-refractivity contribution in [3.63, 3.8) is 0 Å². The number of fused-ring (bicyclic) bond motifs is 1. The fourth-order valence-corrected chi connectivity index (χ4v) is 2.21. The number of aromatic nitrogens is 5. The first-order chi connectivity index (χ1) is 11.0. The van der Waals surface area contributed by atoms with Crippen LogP contribution in [0.5, 0.6) is 5.88 Å². The lowest BCUT2D eigenvalue weighted by Crippen LogP contribution is -2.15. The predicted octanol–water partition coefficient (Wildman–Crippen LogP) is 1.33. The highest BCUT2D eigenvalue weighted by Gasteiger charge is 2.12. The topological polar surface area (TPSA) is 94.3 Å². The standard InChI is InChI=1S/C15H16N6O2/c1-9-6-10(2)21-15(17-9)19-12(20-21)7-13(22)18-11-4-5-14(23-3)16-8-11/h4-6,8H,7H2,1-3H3,(H,18,22). The zero-order valence-corrected chi connectivity index (χ0v) is 13.1. The van der Waals surface area contributed by atoms with Crippen LogP contribution in [-0.2, 0) is 11.2 Å². The summed E-state index contributed by atoms with van der Waals surface area (Å²) in [5, 5.41) is 7.05. The Balaban J connectivity index is 1.73. The molecule has 3 rings (SSSR count). The van der Waals surface area contributed by atoms with Gasteiger partial charge in [-0.05, 0) is 26.0 Å². The number of carbonyl (C=O) groups is 1. The summed E-state index contributed by atoms with van der Waals surface area (Å²) in [6, 6.07) is 5.30. The summed E-state index contributed by atoms with van der Waals surface area (Å²) in [5.74, 6) is 1.19. The largest absolute Gasteiger partial charge is 0.481 e. The molecule has 0 unspecified atom stereocenters. The number of pyridine rings is 1. The first-order valence-electron chi connectivity index (χ1n) is 7.05. The van der Waals surface area contributed by atoms with E-state index in [4.69, 9.17) is 4.74 Å². The number of hydrogen-bond acceptors (Lipinski definition) is 6. The Labute approximate surface area is 132 Å². The molecule has 8 heteroatoms. The summed E-state index contributed by atoms with van der Waals surface area (Å²) >= 11 is 0. The Hall–Kier alpha value is -3.03. The van der Waals surface area contributed by atoms with E-state index in [0.29, 0.717) is 23.2 Å². The number of amides is 1. The van der Waals surface area contributed by atoms with E-state index in [0.717, 1.165) is 11.4 Å². The molecule has 23 heavy (non-hydrogen) atoms. The number of aryl methyl sites for hydroxylation is 2. The molecule has 1 amide bonds. The molecule has 0 spiro atoms. The molecule has 3 aromatic heterocycles. The fourth-order valence-electron chi connectivity index (χ4n) is 2.21. The van der Waals surface area contributed by atoms with Crippen LogP contribution in [0.1, 0.15) is 17.2 Å². The fraction of sp³-hybridized carbons (Fsp3) is 0.267. The third-order valence-electron chi connectivity index (χ3n) is 3.21. The van der Waals surface area contributed by atoms with Gasteiger partial charge in [0.1, 0.15) is 0 Å². The second kappa shape index (κ2) is 5.99. The van der Waals surface area contributed by atoms with Gasteiger partial charge in [0.05, 0.1) is 25.4 Å². The van der Waals surface area contributed by atoms with Crippen molar-refractivity contribution < 1.29 is 9.53 Å². The van der Waals surface area contributed by atoms with Crippen LogP contribution in [0, 0.1) is 13.8 Å². The molecule has 0 aliphatic rings. The molecule has 1 N–H and O–H groups in total. The van der Waals surface area contributed by atoms with Crippen molar-refractivity contribution in [1.82, 2.24) is 24.6 Å². The zero-order valence-electron chi connectivity index (χ0n) is 13.1. The minimum Gasteiger partial charge on any atom is -0.481 e. The summed E-state index contributed by atoms with van der Waals surface area (Å²) in [5.41, 5.74) is 2.37. The quantitative estimate of drug-likeness (QED) is 0.781. The number of anilines is 1. The minimum absolute atomic E-state index is 0.0634. The highest BCUT2D eigenvalue weighted by Crippen LogP contribution is 2.11. The second-order valence-electron chi connectivity index (χ2n) is 5.09. The van der Waals surface area contributed by atoms with Crippen molar-refractivity contribution in [1.29, 1.82) is 0 Å². The number of carbonyl (C=O) groups excluding carboxylic acids is 1. The van der Waals surface area contributed by atoms with Gasteiger partial charge in [0.25, 0.3) is 5.78 Å². The van der Waals surface area contributed by atoms with Crippen LogP contribution >= 0.6 is 0 Å². The minimum atomic E-state index is -0.220. The van der Waals surface area contributed by atoms with Gasteiger partial charge in [-0.15, -0.1) is 5.10 Å². The zero-order chi connectivity index (χ0) is 16.4. The Morgan fingerprint density at radius 2 is 2.13 bits per heavy atom. The number of hydrogen-bond donors (Lipinski definition) is 1. The summed E-state index contributed by atoms with van der Waals surface area (Å²) in [7, 11) is 1.54. The summed E-state index contributed by atoms with van der Waals surface area (Å²) in [4.78, 5) is 24.7. The van der Waals surface area contributed by atoms with E-state index < -0.39 is 0 Å². The van der Waals surface area contributed by atoms with Crippen LogP contribution in [0.4, 0.5) is 5.69 Å². The number of methoxy groups -OCH3 is 1. The third kappa shape index (κ3) is 3.25. The van der Waals surface area contributed by atoms with Gasteiger partial charge in [-0.2, -0.15) is 4.98 Å². The molecular weight excluding hydrogens is 296 g/mol. The van der Waals surface area contributed by atoms with Crippen LogP contribution in [-0.4, -0.2) is 37.6 Å². The average Bonchev–Trinajstić information content (AvgIpc) is 2.90. The Bertz CT molecular complexity index is 856. The molecule has 0 saturated carbocycles. The van der Waals surface area contributed by atoms with E-state index in [1.165, 1.54) is 13.3 Å². The van der Waals surface area contributed by atoms with E-state index in [1.54, 1.807) is 16.6 Å². The lowest BCUT2D eigenvalue weighted by molar-refractivity contribution is -0.115. The second-order valence-corrected chi connectivity index (χ2v) is 5.09. The third-order valence-corrected chi connectivity index (χ3v) is 3.21. The molecule has 0 aliphatic carbocycles. The van der Waals surface area contributed by atoms with Crippen LogP contribution in [0.2, 0.25) is 0 Å². The first-order valence-corrected chi connectivity index (χ1v) is 7.05. The molecule has 118 valence electrons. The van der Waals surface area contributed by atoms with Gasteiger partial charge in [0, 0.05) is 17.5 Å². The summed E-state index contributed by atoms with van der Waals surface area (Å²) < 4.78 is 6.60. The van der Waals surface area contributed by atoms with Gasteiger partial charge < -0.3 is 10.1 Å². The van der Waals surface area contributed by atoms with Gasteiger partial charge in [-0.25, -0.2) is 14.5 Å². The van der Waals surface area contributed by atoms with E-state index in [1.807, 2.05) is 19.9 Å². The van der Waals surface area contributed by atoms with E-state index in [9.17, 15) is 4.79 Å². The molecule has 0 atom stereocenters. The molecule has 0 bridgehead atoms. The van der Waals surface area contributed by atoms with E-state index in [-0.39, 0.29) is 12.3 Å². The van der Waals surface area contributed by atoms with Crippen LogP contribution in [0.25, 0.3) is 5.78 Å². The average molecular weight is 312 g/mol. The Kier molecular flexibility index (Phi) is 3.88. The van der Waals surface area contributed by atoms with Gasteiger partial charge >= 0.3 is 0 Å². The molecule has 0 aromatic carbocycles. The Morgan fingerprint density at radius 3 is 2.83 bits per heavy atom. The Morgan fingerprint density at radius 1 is 1.30 bits per heavy atom. The molecule has 3 aromatic rings. The van der Waals surface area contributed by atoms with Gasteiger partial charge in [0.15, 0.2) is 5.82 Å². The smallest absolute Gasteiger partial charge is 0.252 e. The highest BCUT2D eigenvalue weighted by atomic mass is 16.5. The summed E-state index contributed by atoms with van der Waals surface area (Å²) in [6.45, 7) is 3.81. The van der Waals surface area contributed by atoms with E-state index >= 15 is 0 Å². The molecule has 3 heterocycles. The van der Waals surface area contributed by atoms with E-state index in [2.05, 4.69) is 25.4 Å². The van der Waals surface area contributed by atoms with Gasteiger partial charge in [0.2, 0.25) is 11.8 Å². The SMILES string of the molecule is COc1ccc(NC(=O)Cc2nc3nc(C)cc(C)n3n2)cn1. The summed E-state index contributed by atoms with van der Waals surface area (Å²) in [6.07, 6.45) is 1.59. The molecular formula is C15H16N6O2. The highest BCUT2D eigenvalue weighted by molar-refractivity contribution is 5.91. The molecule has 8 nitrogen and oxygen atoms in total. The maximum Gasteiger partial charge on any atom is 0.252 e. The maximum atomic E-state index is 12.1. The van der Waals surface area contributed by atoms with Crippen LogP contribution in [0.3, 0.4) is 0 Å². The van der Waals surface area contributed by atoms with Crippen molar-refractivity contribution >= 4 is 17.4 Å². The van der Waals surface area contributed by atoms with Crippen LogP contribution in [0.15, 0.2) is 24.4 Å². The van der Waals surface area contributed by atoms with Crippen molar-refractivity contribution in [2.24, 2.45) is 0 Å². The van der Waals surface area contributed by atoms with Crippen molar-refractivity contribution in [3.8, 4) is 5.88 Å². The lowest BCUT2D eigenvalue weighted by Gasteiger charge is -2.04. The molecule has 0 aliphatic heterocycles. The van der Waals surface area contributed by atoms with Gasteiger partial charge in [-0.3, -0.25) is 4.79 Å². The van der Waals surface area contributed by atoms with Gasteiger partial charge in [-0.1, -0.05) is 0 Å². The monoisotopic (exact) mass is 312 g/mol. The van der Waals surface area contributed by atoms with Crippen molar-refractivity contribution in [2.75, 3.05) is 12.4 Å². The molecule has 0 radical (unpaired) electrons. The number of nitrogens with one attached hydrogen (secondary N) is 1. The van der Waals surface area contributed by atoms with Crippen LogP contribution < -0.4 is 10.1 Å². The molecule has 0 saturated heterocycles.